The molecule has 1 N–H and O–H groups in total. The van der Waals surface area contributed by atoms with Crippen LogP contribution in [-0.2, 0) is 0 Å². The Balaban J connectivity index is 2.99. The molecule has 0 aromatic carbocycles. The molecular formula is C3HN3O4S. The van der Waals surface area contributed by atoms with Crippen molar-refractivity contribution in [2.24, 2.45) is 0 Å². The molecule has 1 heterocycles. The second-order valence-corrected chi connectivity index (χ2v) is 2.41. The van der Waals surface area contributed by atoms with Crippen molar-refractivity contribution in [1.82, 2.24) is 10.2 Å². The molecule has 1 aromatic heterocycles. The van der Waals surface area contributed by atoms with Gasteiger partial charge in [-0.3, -0.25) is 0 Å². The van der Waals surface area contributed by atoms with Crippen molar-refractivity contribution in [3.05, 3.63) is 15.1 Å². The zero-order valence-corrected chi connectivity index (χ0v) is 5.74. The molecule has 0 saturated heterocycles. The molecule has 8 heteroatoms. The number of carboxylic acids is 1. The Kier molecular flexibility index (Phi) is 1.77. The van der Waals surface area contributed by atoms with Crippen molar-refractivity contribution in [3.8, 4) is 0 Å². The summed E-state index contributed by atoms with van der Waals surface area (Å²) in [4.78, 5) is 19.3. The number of nitro groups is 1. The lowest BCUT2D eigenvalue weighted by Gasteiger charge is -1.80. The third-order valence-corrected chi connectivity index (χ3v) is 1.62. The monoisotopic (exact) mass is 175 g/mol. The Morgan fingerprint density at radius 3 is 2.55 bits per heavy atom. The number of nitrogens with zero attached hydrogens (tertiary/aromatic N) is 3. The summed E-state index contributed by atoms with van der Waals surface area (Å²) in [7, 11) is 0. The second-order valence-electron chi connectivity index (χ2n) is 1.45. The lowest BCUT2D eigenvalue weighted by molar-refractivity contribution is -0.385. The summed E-state index contributed by atoms with van der Waals surface area (Å²) in [6, 6.07) is 0. The average molecular weight is 175 g/mol. The van der Waals surface area contributed by atoms with Crippen LogP contribution in [0.4, 0.5) is 5.13 Å². The van der Waals surface area contributed by atoms with E-state index in [0.717, 1.165) is 0 Å². The predicted molar refractivity (Wildman–Crippen MR) is 33.5 cm³/mol. The first kappa shape index (κ1) is 7.54. The van der Waals surface area contributed by atoms with Crippen molar-refractivity contribution in [3.63, 3.8) is 0 Å². The molecule has 0 radical (unpaired) electrons. The maximum absolute atomic E-state index is 10.1. The molecule has 0 saturated carbocycles. The van der Waals surface area contributed by atoms with Gasteiger partial charge in [-0.05, 0) is 21.4 Å². The zero-order valence-electron chi connectivity index (χ0n) is 4.92. The van der Waals surface area contributed by atoms with Crippen LogP contribution in [0.5, 0.6) is 0 Å². The average Bonchev–Trinajstić information content (AvgIpc) is 2.33. The van der Waals surface area contributed by atoms with Crippen LogP contribution in [0.15, 0.2) is 0 Å². The van der Waals surface area contributed by atoms with Gasteiger partial charge >= 0.3 is 11.1 Å². The minimum absolute atomic E-state index is 0.378. The van der Waals surface area contributed by atoms with Gasteiger partial charge in [0.15, 0.2) is 0 Å². The molecule has 0 bridgehead atoms. The van der Waals surface area contributed by atoms with Gasteiger partial charge in [0.1, 0.15) is 0 Å². The topological polar surface area (TPSA) is 106 Å². The summed E-state index contributed by atoms with van der Waals surface area (Å²) in [5, 5.41) is 23.4. The van der Waals surface area contributed by atoms with E-state index in [1.54, 1.807) is 0 Å². The van der Waals surface area contributed by atoms with Crippen LogP contribution in [-0.4, -0.2) is 26.2 Å². The Bertz CT molecular complexity index is 279. The largest absolute Gasteiger partial charge is 0.476 e. The van der Waals surface area contributed by atoms with E-state index in [9.17, 15) is 14.9 Å². The molecule has 11 heavy (non-hydrogen) atoms. The summed E-state index contributed by atoms with van der Waals surface area (Å²) >= 11 is 0.428. The maximum atomic E-state index is 10.1. The molecule has 0 aliphatic carbocycles. The van der Waals surface area contributed by atoms with E-state index in [-0.39, 0.29) is 5.01 Å². The number of rotatable bonds is 2. The normalized spacial score (nSPS) is 9.45. The highest BCUT2D eigenvalue weighted by molar-refractivity contribution is 7.16. The van der Waals surface area contributed by atoms with Crippen LogP contribution in [0, 0.1) is 10.1 Å². The Labute approximate surface area is 63.5 Å². The standard InChI is InChI=1S/C3HN3O4S/c7-2(8)1-4-5-3(11-1)6(9)10/h(H,7,8). The van der Waals surface area contributed by atoms with Crippen LogP contribution in [0.25, 0.3) is 0 Å². The van der Waals surface area contributed by atoms with Crippen molar-refractivity contribution in [1.29, 1.82) is 0 Å². The van der Waals surface area contributed by atoms with E-state index in [1.165, 1.54) is 0 Å². The Hall–Kier alpha value is -1.57. The van der Waals surface area contributed by atoms with Gasteiger partial charge in [-0.25, -0.2) is 4.79 Å². The fourth-order valence-electron chi connectivity index (χ4n) is 0.376. The molecule has 0 spiro atoms. The lowest BCUT2D eigenvalue weighted by atomic mass is 10.7. The Morgan fingerprint density at radius 2 is 2.27 bits per heavy atom. The predicted octanol–water partition coefficient (Wildman–Crippen LogP) is 0.144. The van der Waals surface area contributed by atoms with E-state index in [4.69, 9.17) is 5.11 Å². The van der Waals surface area contributed by atoms with Gasteiger partial charge in [0.2, 0.25) is 0 Å². The molecule has 0 fully saturated rings. The lowest BCUT2D eigenvalue weighted by Crippen LogP contribution is -1.93. The molecular weight excluding hydrogens is 174 g/mol. The zero-order chi connectivity index (χ0) is 8.43. The smallest absolute Gasteiger partial charge is 0.450 e. The number of aromatic carboxylic acids is 1. The fourth-order valence-corrected chi connectivity index (χ4v) is 0.874. The van der Waals surface area contributed by atoms with E-state index in [1.807, 2.05) is 0 Å². The molecule has 0 unspecified atom stereocenters. The molecule has 0 atom stereocenters. The van der Waals surface area contributed by atoms with Crippen LogP contribution in [0.2, 0.25) is 0 Å². The summed E-state index contributed by atoms with van der Waals surface area (Å²) in [5.74, 6) is -1.31. The van der Waals surface area contributed by atoms with Crippen LogP contribution >= 0.6 is 11.3 Å². The minimum atomic E-state index is -1.31. The van der Waals surface area contributed by atoms with Crippen molar-refractivity contribution in [2.45, 2.75) is 0 Å². The van der Waals surface area contributed by atoms with Crippen LogP contribution in [0.3, 0.4) is 0 Å². The fraction of sp³-hybridized carbons (Fsp3) is 0. The van der Waals surface area contributed by atoms with Gasteiger partial charge in [0, 0.05) is 0 Å². The summed E-state index contributed by atoms with van der Waals surface area (Å²) in [5.41, 5.74) is 0. The number of hydrogen-bond donors (Lipinski definition) is 1. The summed E-state index contributed by atoms with van der Waals surface area (Å²) in [6.07, 6.45) is 0. The number of hydrogen-bond acceptors (Lipinski definition) is 6. The van der Waals surface area contributed by atoms with Crippen molar-refractivity contribution < 1.29 is 14.8 Å². The van der Waals surface area contributed by atoms with Gasteiger partial charge in [-0.1, -0.05) is 0 Å². The highest BCUT2D eigenvalue weighted by Gasteiger charge is 2.19. The van der Waals surface area contributed by atoms with Gasteiger partial charge in [-0.15, -0.1) is 0 Å². The molecule has 58 valence electrons. The summed E-state index contributed by atoms with van der Waals surface area (Å²) < 4.78 is 0. The number of carbonyl (C=O) groups is 1. The van der Waals surface area contributed by atoms with Gasteiger partial charge in [-0.2, -0.15) is 0 Å². The third-order valence-electron chi connectivity index (χ3n) is 0.753. The maximum Gasteiger partial charge on any atom is 0.450 e. The first-order chi connectivity index (χ1) is 5.11. The van der Waals surface area contributed by atoms with Crippen molar-refractivity contribution in [2.75, 3.05) is 0 Å². The first-order valence-electron chi connectivity index (χ1n) is 2.32. The summed E-state index contributed by atoms with van der Waals surface area (Å²) in [6.45, 7) is 0. The quantitative estimate of drug-likeness (QED) is 0.506. The van der Waals surface area contributed by atoms with Crippen LogP contribution < -0.4 is 0 Å². The molecule has 1 aromatic rings. The first-order valence-corrected chi connectivity index (χ1v) is 3.14. The van der Waals surface area contributed by atoms with Gasteiger partial charge < -0.3 is 15.2 Å². The molecule has 1 rings (SSSR count). The van der Waals surface area contributed by atoms with Gasteiger partial charge in [0.25, 0.3) is 5.01 Å². The van der Waals surface area contributed by atoms with Crippen LogP contribution in [0.1, 0.15) is 9.80 Å². The molecule has 0 aliphatic heterocycles. The number of carboxylic acid groups (broad SMARTS) is 1. The molecule has 0 amide bonds. The SMILES string of the molecule is O=C(O)c1nnc([N+](=O)[O-])s1. The van der Waals surface area contributed by atoms with E-state index in [0.29, 0.717) is 11.3 Å². The third kappa shape index (κ3) is 1.46. The molecule has 0 aliphatic rings. The van der Waals surface area contributed by atoms with Crippen molar-refractivity contribution >= 4 is 22.4 Å². The second kappa shape index (κ2) is 2.58. The van der Waals surface area contributed by atoms with Gasteiger partial charge in [0.05, 0.1) is 5.10 Å². The van der Waals surface area contributed by atoms with E-state index >= 15 is 0 Å². The number of aromatic nitrogens is 2. The minimum Gasteiger partial charge on any atom is -0.476 e. The van der Waals surface area contributed by atoms with E-state index in [2.05, 4.69) is 10.2 Å². The Morgan fingerprint density at radius 1 is 1.64 bits per heavy atom. The highest BCUT2D eigenvalue weighted by atomic mass is 32.1. The highest BCUT2D eigenvalue weighted by Crippen LogP contribution is 2.16. The molecule has 7 nitrogen and oxygen atoms in total. The van der Waals surface area contributed by atoms with E-state index < -0.39 is 16.0 Å².